The second-order valence-corrected chi connectivity index (χ2v) is 5.01. The van der Waals surface area contributed by atoms with E-state index in [0.29, 0.717) is 0 Å². The lowest BCUT2D eigenvalue weighted by atomic mass is 9.94. The van der Waals surface area contributed by atoms with E-state index in [9.17, 15) is 34.8 Å². The maximum atomic E-state index is 12.6. The van der Waals surface area contributed by atoms with E-state index >= 15 is 0 Å². The molecule has 0 aromatic heterocycles. The fourth-order valence-corrected chi connectivity index (χ4v) is 2.46. The smallest absolute Gasteiger partial charge is 0.303 e. The van der Waals surface area contributed by atoms with Gasteiger partial charge >= 0.3 is 12.4 Å². The van der Waals surface area contributed by atoms with Gasteiger partial charge in [0.05, 0.1) is 16.9 Å². The molecule has 0 fully saturated rings. The number of rotatable bonds is 1. The molecular formula is C8H5F6NO3S. The molecular weight excluding hydrogens is 304 g/mol. The molecule has 108 valence electrons. The summed E-state index contributed by atoms with van der Waals surface area (Å²) in [5, 5.41) is 3.88. The van der Waals surface area contributed by atoms with Gasteiger partial charge in [0.1, 0.15) is 0 Å². The predicted octanol–water partition coefficient (Wildman–Crippen LogP) is 2.25. The molecule has 2 N–H and O–H groups in total. The fourth-order valence-electron chi connectivity index (χ4n) is 1.50. The van der Waals surface area contributed by atoms with E-state index in [4.69, 9.17) is 9.96 Å². The molecule has 1 unspecified atom stereocenters. The Balaban J connectivity index is 3.70. The number of halogens is 6. The summed E-state index contributed by atoms with van der Waals surface area (Å²) in [5.74, 6) is 0. The number of hydrogen-bond donors (Lipinski definition) is 2. The summed E-state index contributed by atoms with van der Waals surface area (Å²) in [4.78, 5) is 0. The topological polar surface area (TPSA) is 78.2 Å². The standard InChI is InChI=1S/C8H5F6NO3S/c9-7(10,11)3-1-2-4(15)6(19(16,17)18)5(3)8(12,13)14/h1-2,6,15H,(H,16,17,18). The van der Waals surface area contributed by atoms with E-state index in [1.54, 1.807) is 0 Å². The quantitative estimate of drug-likeness (QED) is 0.576. The first-order valence-electron chi connectivity index (χ1n) is 4.37. The second kappa shape index (κ2) is 4.34. The van der Waals surface area contributed by atoms with Crippen LogP contribution in [0.1, 0.15) is 0 Å². The highest BCUT2D eigenvalue weighted by atomic mass is 32.2. The molecule has 0 heterocycles. The molecule has 1 aliphatic rings. The lowest BCUT2D eigenvalue weighted by Gasteiger charge is -2.26. The number of nitrogens with one attached hydrogen (secondary N) is 1. The number of alkyl halides is 6. The van der Waals surface area contributed by atoms with Crippen molar-refractivity contribution >= 4 is 15.8 Å². The van der Waals surface area contributed by atoms with Crippen molar-refractivity contribution in [1.82, 2.24) is 0 Å². The zero-order valence-corrected chi connectivity index (χ0v) is 9.49. The van der Waals surface area contributed by atoms with Crippen LogP contribution < -0.4 is 0 Å². The number of allylic oxidation sites excluding steroid dienone is 3. The molecule has 0 amide bonds. The molecule has 0 saturated carbocycles. The first-order chi connectivity index (χ1) is 8.26. The van der Waals surface area contributed by atoms with Crippen molar-refractivity contribution in [3.63, 3.8) is 0 Å². The number of hydrogen-bond acceptors (Lipinski definition) is 3. The van der Waals surface area contributed by atoms with Crippen LogP contribution in [0, 0.1) is 5.41 Å². The van der Waals surface area contributed by atoms with Crippen molar-refractivity contribution in [3.05, 3.63) is 23.3 Å². The first kappa shape index (κ1) is 15.7. The second-order valence-electron chi connectivity index (χ2n) is 3.51. The zero-order chi connectivity index (χ0) is 15.2. The maximum Gasteiger partial charge on any atom is 0.416 e. The van der Waals surface area contributed by atoms with Gasteiger partial charge in [-0.2, -0.15) is 34.8 Å². The lowest BCUT2D eigenvalue weighted by molar-refractivity contribution is -0.113. The van der Waals surface area contributed by atoms with Crippen molar-refractivity contribution in [2.24, 2.45) is 0 Å². The summed E-state index contributed by atoms with van der Waals surface area (Å²) in [7, 11) is -5.55. The van der Waals surface area contributed by atoms with Gasteiger partial charge in [-0.05, 0) is 12.2 Å². The third kappa shape index (κ3) is 3.15. The van der Waals surface area contributed by atoms with Gasteiger partial charge < -0.3 is 5.41 Å². The van der Waals surface area contributed by atoms with E-state index in [1.807, 2.05) is 0 Å². The van der Waals surface area contributed by atoms with Gasteiger partial charge in [0.15, 0.2) is 5.25 Å². The summed E-state index contributed by atoms with van der Waals surface area (Å²) in [6.07, 6.45) is -10.9. The van der Waals surface area contributed by atoms with Gasteiger partial charge in [0.25, 0.3) is 10.1 Å². The molecule has 0 aliphatic heterocycles. The maximum absolute atomic E-state index is 12.6. The van der Waals surface area contributed by atoms with E-state index in [0.717, 1.165) is 0 Å². The molecule has 1 aliphatic carbocycles. The highest BCUT2D eigenvalue weighted by molar-refractivity contribution is 7.87. The Labute approximate surface area is 102 Å². The van der Waals surface area contributed by atoms with Crippen LogP contribution in [0.2, 0.25) is 0 Å². The highest BCUT2D eigenvalue weighted by Gasteiger charge is 2.53. The Morgan fingerprint density at radius 1 is 1.05 bits per heavy atom. The third-order valence-corrected chi connectivity index (χ3v) is 3.26. The molecule has 1 atom stereocenters. The predicted molar refractivity (Wildman–Crippen MR) is 51.3 cm³/mol. The lowest BCUT2D eigenvalue weighted by Crippen LogP contribution is -2.41. The van der Waals surface area contributed by atoms with E-state index in [2.05, 4.69) is 0 Å². The van der Waals surface area contributed by atoms with Crippen molar-refractivity contribution in [2.45, 2.75) is 17.6 Å². The summed E-state index contributed by atoms with van der Waals surface area (Å²) in [5.41, 5.74) is -6.07. The van der Waals surface area contributed by atoms with Crippen LogP contribution in [-0.4, -0.2) is 36.3 Å². The summed E-state index contributed by atoms with van der Waals surface area (Å²) < 4.78 is 105. The van der Waals surface area contributed by atoms with Gasteiger partial charge in [-0.3, -0.25) is 4.55 Å². The molecule has 0 saturated heterocycles. The molecule has 1 rings (SSSR count). The summed E-state index contributed by atoms with van der Waals surface area (Å²) in [6.45, 7) is 0. The van der Waals surface area contributed by atoms with E-state index in [-0.39, 0.29) is 12.2 Å². The largest absolute Gasteiger partial charge is 0.416 e. The highest BCUT2D eigenvalue weighted by Crippen LogP contribution is 2.42. The van der Waals surface area contributed by atoms with Crippen LogP contribution in [0.3, 0.4) is 0 Å². The van der Waals surface area contributed by atoms with Crippen molar-refractivity contribution in [2.75, 3.05) is 0 Å². The van der Waals surface area contributed by atoms with Crippen molar-refractivity contribution in [1.29, 1.82) is 5.41 Å². The Kier molecular flexibility index (Phi) is 3.58. The van der Waals surface area contributed by atoms with E-state index in [1.165, 1.54) is 0 Å². The van der Waals surface area contributed by atoms with Gasteiger partial charge in [0, 0.05) is 0 Å². The SMILES string of the molecule is N=C1C=CC(C(F)(F)F)=C(C(F)(F)F)C1S(=O)(=O)O. The van der Waals surface area contributed by atoms with Gasteiger partial charge in [-0.25, -0.2) is 0 Å². The average molecular weight is 309 g/mol. The minimum absolute atomic E-state index is 0.0488. The van der Waals surface area contributed by atoms with Crippen molar-refractivity contribution < 1.29 is 39.3 Å². The molecule has 0 aromatic carbocycles. The van der Waals surface area contributed by atoms with Crippen LogP contribution in [0.5, 0.6) is 0 Å². The van der Waals surface area contributed by atoms with Crippen LogP contribution >= 0.6 is 0 Å². The van der Waals surface area contributed by atoms with E-state index < -0.39 is 44.6 Å². The van der Waals surface area contributed by atoms with Crippen LogP contribution in [0.25, 0.3) is 0 Å². The average Bonchev–Trinajstić information content (AvgIpc) is 2.11. The molecule has 4 nitrogen and oxygen atoms in total. The summed E-state index contributed by atoms with van der Waals surface area (Å²) in [6, 6.07) is 0. The normalized spacial score (nSPS) is 22.1. The van der Waals surface area contributed by atoms with Crippen LogP contribution in [0.15, 0.2) is 23.3 Å². The van der Waals surface area contributed by atoms with Crippen LogP contribution in [0.4, 0.5) is 26.3 Å². The molecule has 0 bridgehead atoms. The Bertz CT molecular complexity index is 568. The Morgan fingerprint density at radius 3 is 1.84 bits per heavy atom. The summed E-state index contributed by atoms with van der Waals surface area (Å²) >= 11 is 0. The third-order valence-electron chi connectivity index (χ3n) is 2.17. The van der Waals surface area contributed by atoms with Gasteiger partial charge in [-0.15, -0.1) is 0 Å². The molecule has 19 heavy (non-hydrogen) atoms. The minimum atomic E-state index is -5.66. The fraction of sp³-hybridized carbons (Fsp3) is 0.375. The molecule has 0 aromatic rings. The minimum Gasteiger partial charge on any atom is -0.303 e. The molecule has 0 spiro atoms. The molecule has 0 radical (unpaired) electrons. The Hall–Kier alpha value is -1.36. The first-order valence-corrected chi connectivity index (χ1v) is 5.88. The Morgan fingerprint density at radius 2 is 1.53 bits per heavy atom. The van der Waals surface area contributed by atoms with Crippen LogP contribution in [-0.2, 0) is 10.1 Å². The van der Waals surface area contributed by atoms with Crippen molar-refractivity contribution in [3.8, 4) is 0 Å². The molecule has 11 heteroatoms. The van der Waals surface area contributed by atoms with Gasteiger partial charge in [0.2, 0.25) is 0 Å². The van der Waals surface area contributed by atoms with Gasteiger partial charge in [-0.1, -0.05) is 0 Å². The monoisotopic (exact) mass is 309 g/mol. The zero-order valence-electron chi connectivity index (χ0n) is 8.67.